The molecular weight excluding hydrogens is 278 g/mol. The first-order chi connectivity index (χ1) is 9.15. The van der Waals surface area contributed by atoms with Crippen LogP contribution in [0.15, 0.2) is 30.3 Å². The number of amides is 1. The van der Waals surface area contributed by atoms with Gasteiger partial charge in [-0.2, -0.15) is 0 Å². The minimum atomic E-state index is 0.0598. The zero-order chi connectivity index (χ0) is 13.4. The largest absolute Gasteiger partial charge is 0.351 e. The van der Waals surface area contributed by atoms with E-state index in [1.165, 1.54) is 10.4 Å². The fourth-order valence-corrected chi connectivity index (χ4v) is 3.70. The smallest absolute Gasteiger partial charge is 0.261 e. The maximum Gasteiger partial charge on any atom is 0.261 e. The number of fused-ring (bicyclic) bond motifs is 1. The monoisotopic (exact) mass is 291 g/mol. The molecule has 1 N–H and O–H groups in total. The first kappa shape index (κ1) is 12.7. The van der Waals surface area contributed by atoms with Crippen molar-refractivity contribution < 1.29 is 4.79 Å². The van der Waals surface area contributed by atoms with Crippen molar-refractivity contribution in [1.82, 2.24) is 5.32 Å². The molecule has 1 unspecified atom stereocenters. The third-order valence-corrected chi connectivity index (χ3v) is 4.77. The van der Waals surface area contributed by atoms with Crippen LogP contribution in [0.5, 0.6) is 0 Å². The van der Waals surface area contributed by atoms with E-state index < -0.39 is 0 Å². The van der Waals surface area contributed by atoms with E-state index >= 15 is 0 Å². The van der Waals surface area contributed by atoms with Crippen molar-refractivity contribution in [3.8, 4) is 0 Å². The molecule has 1 atom stereocenters. The van der Waals surface area contributed by atoms with Crippen molar-refractivity contribution in [2.45, 2.75) is 19.3 Å². The fourth-order valence-electron chi connectivity index (χ4n) is 2.58. The molecule has 3 rings (SSSR count). The van der Waals surface area contributed by atoms with E-state index in [0.29, 0.717) is 6.54 Å². The Hall–Kier alpha value is -1.32. The minimum absolute atomic E-state index is 0.0598. The van der Waals surface area contributed by atoms with Gasteiger partial charge in [0.25, 0.3) is 5.91 Å². The second-order valence-electron chi connectivity index (χ2n) is 4.79. The number of benzene rings is 1. The van der Waals surface area contributed by atoms with Crippen molar-refractivity contribution in [2.75, 3.05) is 6.54 Å². The van der Waals surface area contributed by atoms with Gasteiger partial charge in [0.1, 0.15) is 0 Å². The molecule has 98 valence electrons. The summed E-state index contributed by atoms with van der Waals surface area (Å²) in [5, 5.41) is 3.71. The van der Waals surface area contributed by atoms with Gasteiger partial charge < -0.3 is 5.32 Å². The molecule has 0 spiro atoms. The second-order valence-corrected chi connectivity index (χ2v) is 6.48. The lowest BCUT2D eigenvalue weighted by Crippen LogP contribution is -2.21. The predicted octanol–water partition coefficient (Wildman–Crippen LogP) is 3.98. The zero-order valence-electron chi connectivity index (χ0n) is 10.6. The lowest BCUT2D eigenvalue weighted by atomic mass is 9.89. The van der Waals surface area contributed by atoms with Crippen LogP contribution in [-0.2, 0) is 0 Å². The number of carbonyl (C=O) groups is 1. The van der Waals surface area contributed by atoms with Crippen molar-refractivity contribution in [3.05, 3.63) is 56.2 Å². The van der Waals surface area contributed by atoms with Crippen molar-refractivity contribution in [1.29, 1.82) is 0 Å². The Morgan fingerprint density at radius 1 is 1.32 bits per heavy atom. The number of hydrogen-bond acceptors (Lipinski definition) is 2. The maximum atomic E-state index is 12.0. The Bertz CT molecular complexity index is 618. The van der Waals surface area contributed by atoms with E-state index in [1.807, 2.05) is 19.1 Å². The summed E-state index contributed by atoms with van der Waals surface area (Å²) in [4.78, 5) is 14.1. The first-order valence-electron chi connectivity index (χ1n) is 6.29. The number of halogens is 1. The van der Waals surface area contributed by atoms with Gasteiger partial charge in [0.05, 0.1) is 4.88 Å². The normalized spacial score (nSPS) is 18.6. The molecule has 19 heavy (non-hydrogen) atoms. The number of aryl methyl sites for hydroxylation is 1. The summed E-state index contributed by atoms with van der Waals surface area (Å²) in [6, 6.07) is 10.1. The van der Waals surface area contributed by atoms with Crippen LogP contribution >= 0.6 is 22.9 Å². The Morgan fingerprint density at radius 2 is 2.05 bits per heavy atom. The molecule has 4 heteroatoms. The molecule has 2 nitrogen and oxygen atoms in total. The van der Waals surface area contributed by atoms with Crippen molar-refractivity contribution in [3.63, 3.8) is 0 Å². The molecule has 1 aromatic carbocycles. The molecule has 2 heterocycles. The van der Waals surface area contributed by atoms with E-state index in [2.05, 4.69) is 23.5 Å². The quantitative estimate of drug-likeness (QED) is 0.846. The van der Waals surface area contributed by atoms with Crippen LogP contribution < -0.4 is 5.32 Å². The Balaban J connectivity index is 2.08. The molecule has 1 aliphatic heterocycles. The summed E-state index contributed by atoms with van der Waals surface area (Å²) >= 11 is 7.52. The number of thiophene rings is 1. The summed E-state index contributed by atoms with van der Waals surface area (Å²) in [5.74, 6) is 0.334. The van der Waals surface area contributed by atoms with Gasteiger partial charge in [0.2, 0.25) is 0 Å². The van der Waals surface area contributed by atoms with Crippen LogP contribution in [0.2, 0.25) is 5.02 Å². The van der Waals surface area contributed by atoms with Gasteiger partial charge in [-0.3, -0.25) is 4.79 Å². The molecule has 2 aromatic rings. The Labute approximate surface area is 121 Å². The predicted molar refractivity (Wildman–Crippen MR) is 79.3 cm³/mol. The average Bonchev–Trinajstić information content (AvgIpc) is 2.71. The fraction of sp³-hybridized carbons (Fsp3) is 0.267. The van der Waals surface area contributed by atoms with Crippen LogP contribution in [-0.4, -0.2) is 12.5 Å². The topological polar surface area (TPSA) is 29.1 Å². The molecule has 0 radical (unpaired) electrons. The van der Waals surface area contributed by atoms with Gasteiger partial charge in [-0.1, -0.05) is 23.7 Å². The summed E-state index contributed by atoms with van der Waals surface area (Å²) in [6.07, 6.45) is 0.927. The summed E-state index contributed by atoms with van der Waals surface area (Å²) in [7, 11) is 0. The molecule has 1 aromatic heterocycles. The van der Waals surface area contributed by atoms with E-state index in [9.17, 15) is 4.79 Å². The van der Waals surface area contributed by atoms with Gasteiger partial charge in [-0.05, 0) is 42.7 Å². The van der Waals surface area contributed by atoms with Crippen LogP contribution in [0.25, 0.3) is 0 Å². The van der Waals surface area contributed by atoms with Gasteiger partial charge in [0.15, 0.2) is 0 Å². The van der Waals surface area contributed by atoms with E-state index in [0.717, 1.165) is 21.9 Å². The van der Waals surface area contributed by atoms with Crippen molar-refractivity contribution >= 4 is 28.8 Å². The maximum absolute atomic E-state index is 12.0. The highest BCUT2D eigenvalue weighted by molar-refractivity contribution is 7.14. The standard InChI is InChI=1S/C15H14ClNOS/c1-9-8-13-12(10-2-4-11(16)5-3-10)6-7-17-15(18)14(13)19-9/h2-5,8,12H,6-7H2,1H3,(H,17,18). The average molecular weight is 292 g/mol. The Morgan fingerprint density at radius 3 is 2.79 bits per heavy atom. The molecule has 0 aliphatic carbocycles. The second kappa shape index (κ2) is 4.99. The number of hydrogen-bond donors (Lipinski definition) is 1. The lowest BCUT2D eigenvalue weighted by Gasteiger charge is -2.15. The summed E-state index contributed by atoms with van der Waals surface area (Å²) in [5.41, 5.74) is 2.37. The van der Waals surface area contributed by atoms with E-state index in [1.54, 1.807) is 11.3 Å². The Kier molecular flexibility index (Phi) is 3.33. The number of rotatable bonds is 1. The highest BCUT2D eigenvalue weighted by Gasteiger charge is 2.26. The van der Waals surface area contributed by atoms with Crippen molar-refractivity contribution in [2.24, 2.45) is 0 Å². The molecule has 0 bridgehead atoms. The number of nitrogens with one attached hydrogen (secondary N) is 1. The van der Waals surface area contributed by atoms with Gasteiger partial charge in [0, 0.05) is 22.4 Å². The summed E-state index contributed by atoms with van der Waals surface area (Å²) in [6.45, 7) is 2.76. The van der Waals surface area contributed by atoms with Gasteiger partial charge in [-0.15, -0.1) is 11.3 Å². The highest BCUT2D eigenvalue weighted by Crippen LogP contribution is 2.36. The SMILES string of the molecule is Cc1cc2c(s1)C(=O)NCCC2c1ccc(Cl)cc1. The van der Waals surface area contributed by atoms with Crippen LogP contribution in [0.1, 0.15) is 38.0 Å². The molecule has 0 saturated heterocycles. The van der Waals surface area contributed by atoms with E-state index in [-0.39, 0.29) is 11.8 Å². The number of carbonyl (C=O) groups excluding carboxylic acids is 1. The third kappa shape index (κ3) is 2.40. The molecule has 0 fully saturated rings. The van der Waals surface area contributed by atoms with Crippen LogP contribution in [0.3, 0.4) is 0 Å². The lowest BCUT2D eigenvalue weighted by molar-refractivity contribution is 0.0960. The van der Waals surface area contributed by atoms with Crippen LogP contribution in [0.4, 0.5) is 0 Å². The molecule has 1 amide bonds. The van der Waals surface area contributed by atoms with E-state index in [4.69, 9.17) is 11.6 Å². The summed E-state index contributed by atoms with van der Waals surface area (Å²) < 4.78 is 0. The van der Waals surface area contributed by atoms with Crippen LogP contribution in [0, 0.1) is 6.92 Å². The van der Waals surface area contributed by atoms with Gasteiger partial charge in [-0.25, -0.2) is 0 Å². The first-order valence-corrected chi connectivity index (χ1v) is 7.48. The van der Waals surface area contributed by atoms with Gasteiger partial charge >= 0.3 is 0 Å². The molecular formula is C15H14ClNOS. The highest BCUT2D eigenvalue weighted by atomic mass is 35.5. The molecule has 0 saturated carbocycles. The minimum Gasteiger partial charge on any atom is -0.351 e. The molecule has 1 aliphatic rings. The zero-order valence-corrected chi connectivity index (χ0v) is 12.1. The third-order valence-electron chi connectivity index (χ3n) is 3.46.